The molecule has 0 unspecified atom stereocenters. The molecule has 2 aromatic rings. The largest absolute Gasteiger partial charge is 0.497 e. The van der Waals surface area contributed by atoms with Gasteiger partial charge in [0.05, 0.1) is 7.11 Å². The highest BCUT2D eigenvalue weighted by Gasteiger charge is 2.06. The molecule has 4 heteroatoms. The molecule has 0 radical (unpaired) electrons. The number of ether oxygens (including phenoxy) is 1. The Bertz CT molecular complexity index is 564. The fourth-order valence-corrected chi connectivity index (χ4v) is 2.32. The fourth-order valence-electron chi connectivity index (χ4n) is 1.80. The molecule has 0 aliphatic carbocycles. The van der Waals surface area contributed by atoms with Crippen LogP contribution in [0.15, 0.2) is 48.5 Å². The Balaban J connectivity index is 2.03. The molecule has 0 aliphatic heterocycles. The zero-order valence-electron chi connectivity index (χ0n) is 11.6. The summed E-state index contributed by atoms with van der Waals surface area (Å²) < 4.78 is 5.08. The number of hydrogen-bond acceptors (Lipinski definition) is 3. The van der Waals surface area contributed by atoms with Crippen LogP contribution in [-0.2, 0) is 5.75 Å². The molecule has 104 valence electrons. The van der Waals surface area contributed by atoms with Crippen LogP contribution < -0.4 is 10.1 Å². The summed E-state index contributed by atoms with van der Waals surface area (Å²) in [5.74, 6) is 1.62. The van der Waals surface area contributed by atoms with E-state index in [-0.39, 0.29) is 5.91 Å². The van der Waals surface area contributed by atoms with E-state index < -0.39 is 0 Å². The molecule has 0 aliphatic rings. The molecule has 0 bridgehead atoms. The molecule has 1 N–H and O–H groups in total. The fraction of sp³-hybridized carbons (Fsp3) is 0.188. The predicted molar refractivity (Wildman–Crippen MR) is 84.6 cm³/mol. The van der Waals surface area contributed by atoms with E-state index in [2.05, 4.69) is 11.6 Å². The first-order valence-corrected chi connectivity index (χ1v) is 7.65. The van der Waals surface area contributed by atoms with Crippen molar-refractivity contribution in [3.8, 4) is 5.75 Å². The number of carbonyl (C=O) groups excluding carboxylic acids is 1. The first-order chi connectivity index (χ1) is 9.72. The van der Waals surface area contributed by atoms with Crippen molar-refractivity contribution in [2.75, 3.05) is 18.7 Å². The summed E-state index contributed by atoms with van der Waals surface area (Å²) >= 11 is 1.76. The standard InChI is InChI=1S/C16H17NO2S/c1-19-15-9-7-14(8-10-15)17-16(18)13-5-3-12(4-6-13)11-20-2/h3-10H,11H2,1-2H3,(H,17,18). The molecule has 20 heavy (non-hydrogen) atoms. The molecule has 3 nitrogen and oxygen atoms in total. The SMILES string of the molecule is COc1ccc(NC(=O)c2ccc(CSC)cc2)cc1. The van der Waals surface area contributed by atoms with E-state index in [4.69, 9.17) is 4.74 Å². The van der Waals surface area contributed by atoms with Gasteiger partial charge in [0.1, 0.15) is 5.75 Å². The summed E-state index contributed by atoms with van der Waals surface area (Å²) in [5.41, 5.74) is 2.63. The van der Waals surface area contributed by atoms with Gasteiger partial charge in [-0.15, -0.1) is 0 Å². The molecule has 0 spiro atoms. The number of nitrogens with one attached hydrogen (secondary N) is 1. The summed E-state index contributed by atoms with van der Waals surface area (Å²) in [6, 6.07) is 14.9. The monoisotopic (exact) mass is 287 g/mol. The zero-order valence-corrected chi connectivity index (χ0v) is 12.4. The summed E-state index contributed by atoms with van der Waals surface area (Å²) in [4.78, 5) is 12.1. The molecule has 0 saturated carbocycles. The normalized spacial score (nSPS) is 10.1. The van der Waals surface area contributed by atoms with Gasteiger partial charge in [-0.05, 0) is 48.2 Å². The minimum absolute atomic E-state index is 0.106. The van der Waals surface area contributed by atoms with Crippen molar-refractivity contribution in [1.82, 2.24) is 0 Å². The maximum Gasteiger partial charge on any atom is 0.255 e. The number of anilines is 1. The summed E-state index contributed by atoms with van der Waals surface area (Å²) in [7, 11) is 1.61. The Kier molecular flexibility index (Phi) is 5.07. The van der Waals surface area contributed by atoms with Crippen LogP contribution in [0.25, 0.3) is 0 Å². The van der Waals surface area contributed by atoms with E-state index in [0.717, 1.165) is 17.2 Å². The lowest BCUT2D eigenvalue weighted by Crippen LogP contribution is -2.11. The second kappa shape index (κ2) is 7.01. The topological polar surface area (TPSA) is 38.3 Å². The molecule has 0 fully saturated rings. The summed E-state index contributed by atoms with van der Waals surface area (Å²) in [6.45, 7) is 0. The molecular weight excluding hydrogens is 270 g/mol. The number of benzene rings is 2. The molecule has 2 rings (SSSR count). The first kappa shape index (κ1) is 14.5. The predicted octanol–water partition coefficient (Wildman–Crippen LogP) is 3.81. The van der Waals surface area contributed by atoms with Crippen molar-refractivity contribution in [2.45, 2.75) is 5.75 Å². The minimum Gasteiger partial charge on any atom is -0.497 e. The third kappa shape index (κ3) is 3.78. The average molecular weight is 287 g/mol. The molecular formula is C16H17NO2S. The van der Waals surface area contributed by atoms with Gasteiger partial charge in [-0.25, -0.2) is 0 Å². The van der Waals surface area contributed by atoms with Gasteiger partial charge >= 0.3 is 0 Å². The maximum absolute atomic E-state index is 12.1. The van der Waals surface area contributed by atoms with Crippen molar-refractivity contribution in [1.29, 1.82) is 0 Å². The number of rotatable bonds is 5. The highest BCUT2D eigenvalue weighted by molar-refractivity contribution is 7.97. The van der Waals surface area contributed by atoms with Gasteiger partial charge < -0.3 is 10.1 Å². The van der Waals surface area contributed by atoms with Gasteiger partial charge in [0.15, 0.2) is 0 Å². The Morgan fingerprint density at radius 3 is 2.30 bits per heavy atom. The second-order valence-corrected chi connectivity index (χ2v) is 5.18. The van der Waals surface area contributed by atoms with Crippen LogP contribution in [0.4, 0.5) is 5.69 Å². The Hall–Kier alpha value is -1.94. The van der Waals surface area contributed by atoms with Gasteiger partial charge in [0, 0.05) is 17.0 Å². The Morgan fingerprint density at radius 2 is 1.75 bits per heavy atom. The van der Waals surface area contributed by atoms with Crippen LogP contribution in [0.3, 0.4) is 0 Å². The van der Waals surface area contributed by atoms with E-state index in [9.17, 15) is 4.79 Å². The van der Waals surface area contributed by atoms with Gasteiger partial charge in [0.2, 0.25) is 0 Å². The van der Waals surface area contributed by atoms with Crippen molar-refractivity contribution >= 4 is 23.4 Å². The number of hydrogen-bond donors (Lipinski definition) is 1. The van der Waals surface area contributed by atoms with Crippen molar-refractivity contribution in [3.05, 3.63) is 59.7 Å². The number of methoxy groups -OCH3 is 1. The third-order valence-electron chi connectivity index (χ3n) is 2.88. The summed E-state index contributed by atoms with van der Waals surface area (Å²) in [6.07, 6.45) is 2.06. The molecule has 2 aromatic carbocycles. The molecule has 0 saturated heterocycles. The van der Waals surface area contributed by atoms with E-state index in [1.165, 1.54) is 5.56 Å². The van der Waals surface area contributed by atoms with Crippen LogP contribution in [0.5, 0.6) is 5.75 Å². The van der Waals surface area contributed by atoms with E-state index >= 15 is 0 Å². The van der Waals surface area contributed by atoms with Gasteiger partial charge in [-0.2, -0.15) is 11.8 Å². The molecule has 0 heterocycles. The number of thioether (sulfide) groups is 1. The van der Waals surface area contributed by atoms with Crippen LogP contribution >= 0.6 is 11.8 Å². The average Bonchev–Trinajstić information content (AvgIpc) is 2.49. The lowest BCUT2D eigenvalue weighted by molar-refractivity contribution is 0.102. The quantitative estimate of drug-likeness (QED) is 0.908. The Labute approximate surface area is 123 Å². The zero-order chi connectivity index (χ0) is 14.4. The van der Waals surface area contributed by atoms with Crippen molar-refractivity contribution in [3.63, 3.8) is 0 Å². The van der Waals surface area contributed by atoms with Crippen LogP contribution in [0.2, 0.25) is 0 Å². The lowest BCUT2D eigenvalue weighted by atomic mass is 10.1. The molecule has 0 aromatic heterocycles. The number of carbonyl (C=O) groups is 1. The van der Waals surface area contributed by atoms with Crippen molar-refractivity contribution in [2.24, 2.45) is 0 Å². The Morgan fingerprint density at radius 1 is 1.10 bits per heavy atom. The van der Waals surface area contributed by atoms with E-state index in [1.807, 2.05) is 48.5 Å². The number of amides is 1. The minimum atomic E-state index is -0.106. The summed E-state index contributed by atoms with van der Waals surface area (Å²) in [5, 5.41) is 2.86. The maximum atomic E-state index is 12.1. The van der Waals surface area contributed by atoms with Crippen LogP contribution in [-0.4, -0.2) is 19.3 Å². The third-order valence-corrected chi connectivity index (χ3v) is 3.50. The smallest absolute Gasteiger partial charge is 0.255 e. The van der Waals surface area contributed by atoms with Crippen LogP contribution in [0, 0.1) is 0 Å². The molecule has 1 amide bonds. The highest BCUT2D eigenvalue weighted by Crippen LogP contribution is 2.16. The first-order valence-electron chi connectivity index (χ1n) is 6.26. The van der Waals surface area contributed by atoms with Gasteiger partial charge in [0.25, 0.3) is 5.91 Å². The van der Waals surface area contributed by atoms with Crippen molar-refractivity contribution < 1.29 is 9.53 Å². The van der Waals surface area contributed by atoms with E-state index in [0.29, 0.717) is 5.56 Å². The highest BCUT2D eigenvalue weighted by atomic mass is 32.2. The second-order valence-electron chi connectivity index (χ2n) is 4.31. The van der Waals surface area contributed by atoms with Crippen LogP contribution in [0.1, 0.15) is 15.9 Å². The lowest BCUT2D eigenvalue weighted by Gasteiger charge is -2.07. The van der Waals surface area contributed by atoms with Gasteiger partial charge in [-0.1, -0.05) is 12.1 Å². The molecule has 0 atom stereocenters. The van der Waals surface area contributed by atoms with E-state index in [1.54, 1.807) is 18.9 Å². The van der Waals surface area contributed by atoms with Gasteiger partial charge in [-0.3, -0.25) is 4.79 Å².